The van der Waals surface area contributed by atoms with E-state index in [1.54, 1.807) is 43.4 Å². The maximum atomic E-state index is 13.2. The monoisotopic (exact) mass is 400 g/mol. The molecule has 1 heterocycles. The zero-order valence-electron chi connectivity index (χ0n) is 15.1. The first-order valence-corrected chi connectivity index (χ1v) is 8.94. The quantitative estimate of drug-likeness (QED) is 0.665. The summed E-state index contributed by atoms with van der Waals surface area (Å²) in [6.45, 7) is 0.334. The molecule has 28 heavy (non-hydrogen) atoms. The maximum Gasteiger partial charge on any atom is 0.271 e. The van der Waals surface area contributed by atoms with E-state index in [-0.39, 0.29) is 17.4 Å². The van der Waals surface area contributed by atoms with Gasteiger partial charge in [-0.1, -0.05) is 35.9 Å². The Balaban J connectivity index is 1.60. The van der Waals surface area contributed by atoms with Crippen LogP contribution in [0.1, 0.15) is 26.4 Å². The summed E-state index contributed by atoms with van der Waals surface area (Å²) in [7, 11) is 1.62. The van der Waals surface area contributed by atoms with Crippen molar-refractivity contribution in [2.45, 2.75) is 6.42 Å². The van der Waals surface area contributed by atoms with Crippen molar-refractivity contribution < 1.29 is 14.0 Å². The number of rotatable bonds is 6. The van der Waals surface area contributed by atoms with Gasteiger partial charge in [0.2, 0.25) is 0 Å². The van der Waals surface area contributed by atoms with Crippen LogP contribution in [0.25, 0.3) is 0 Å². The van der Waals surface area contributed by atoms with Crippen molar-refractivity contribution in [3.63, 3.8) is 0 Å². The molecule has 2 amide bonds. The minimum absolute atomic E-state index is 0.163. The maximum absolute atomic E-state index is 13.2. The molecule has 2 aromatic carbocycles. The summed E-state index contributed by atoms with van der Waals surface area (Å²) in [6.07, 6.45) is 0.492. The second-order valence-electron chi connectivity index (χ2n) is 6.11. The van der Waals surface area contributed by atoms with Gasteiger partial charge < -0.3 is 10.6 Å². The van der Waals surface area contributed by atoms with Crippen LogP contribution in [0.3, 0.4) is 0 Å². The second kappa shape index (κ2) is 8.67. The molecule has 3 rings (SSSR count). The van der Waals surface area contributed by atoms with Crippen LogP contribution in [-0.2, 0) is 13.5 Å². The number of anilines is 1. The number of carbonyl (C=O) groups is 2. The lowest BCUT2D eigenvalue weighted by Crippen LogP contribution is -2.26. The van der Waals surface area contributed by atoms with E-state index in [0.717, 1.165) is 5.56 Å². The average molecular weight is 401 g/mol. The largest absolute Gasteiger partial charge is 0.350 e. The lowest BCUT2D eigenvalue weighted by molar-refractivity contribution is 0.0947. The van der Waals surface area contributed by atoms with Gasteiger partial charge in [0.1, 0.15) is 11.6 Å². The third kappa shape index (κ3) is 4.75. The minimum Gasteiger partial charge on any atom is -0.350 e. The number of hydrogen-bond acceptors (Lipinski definition) is 3. The fraction of sp³-hybridized carbons (Fsp3) is 0.150. The first-order valence-electron chi connectivity index (χ1n) is 8.56. The molecule has 3 aromatic rings. The van der Waals surface area contributed by atoms with E-state index in [1.165, 1.54) is 22.9 Å². The van der Waals surface area contributed by atoms with Gasteiger partial charge in [0, 0.05) is 19.7 Å². The number of aromatic nitrogens is 2. The molecule has 144 valence electrons. The van der Waals surface area contributed by atoms with Crippen LogP contribution in [-0.4, -0.2) is 28.1 Å². The highest BCUT2D eigenvalue weighted by molar-refractivity contribution is 6.34. The molecule has 0 spiro atoms. The average Bonchev–Trinajstić information content (AvgIpc) is 3.02. The Hall–Kier alpha value is -3.19. The van der Waals surface area contributed by atoms with Gasteiger partial charge in [-0.2, -0.15) is 5.10 Å². The van der Waals surface area contributed by atoms with E-state index in [9.17, 15) is 14.0 Å². The molecule has 0 radical (unpaired) electrons. The Kier molecular flexibility index (Phi) is 6.06. The number of aryl methyl sites for hydroxylation is 1. The van der Waals surface area contributed by atoms with E-state index >= 15 is 0 Å². The lowest BCUT2D eigenvalue weighted by atomic mass is 10.1. The molecule has 0 fully saturated rings. The predicted octanol–water partition coefficient (Wildman–Crippen LogP) is 3.44. The molecular formula is C20H18ClFN4O2. The van der Waals surface area contributed by atoms with Crippen molar-refractivity contribution in [3.8, 4) is 0 Å². The number of hydrogen-bond donors (Lipinski definition) is 2. The van der Waals surface area contributed by atoms with Crippen LogP contribution in [0.4, 0.5) is 10.2 Å². The van der Waals surface area contributed by atoms with Crippen molar-refractivity contribution in [1.29, 1.82) is 0 Å². The first-order chi connectivity index (χ1) is 13.4. The molecule has 1 aromatic heterocycles. The Bertz CT molecular complexity index is 1020. The number of halogens is 2. The van der Waals surface area contributed by atoms with E-state index in [2.05, 4.69) is 15.7 Å². The molecule has 0 unspecified atom stereocenters. The van der Waals surface area contributed by atoms with Crippen LogP contribution >= 0.6 is 11.6 Å². The van der Waals surface area contributed by atoms with Crippen molar-refractivity contribution >= 4 is 29.2 Å². The summed E-state index contributed by atoms with van der Waals surface area (Å²) in [6, 6.07) is 14.4. The summed E-state index contributed by atoms with van der Waals surface area (Å²) < 4.78 is 14.6. The van der Waals surface area contributed by atoms with Crippen molar-refractivity contribution in [2.24, 2.45) is 7.05 Å². The lowest BCUT2D eigenvalue weighted by Gasteiger charge is -2.06. The summed E-state index contributed by atoms with van der Waals surface area (Å²) in [5.74, 6) is -0.732. The van der Waals surface area contributed by atoms with Gasteiger partial charge in [-0.05, 0) is 36.2 Å². The normalized spacial score (nSPS) is 10.5. The van der Waals surface area contributed by atoms with Crippen molar-refractivity contribution in [1.82, 2.24) is 15.1 Å². The highest BCUT2D eigenvalue weighted by Crippen LogP contribution is 2.17. The topological polar surface area (TPSA) is 76.0 Å². The fourth-order valence-electron chi connectivity index (χ4n) is 2.63. The van der Waals surface area contributed by atoms with Crippen molar-refractivity contribution in [2.75, 3.05) is 11.9 Å². The molecule has 0 atom stereocenters. The van der Waals surface area contributed by atoms with Crippen LogP contribution in [0.15, 0.2) is 54.6 Å². The Morgan fingerprint density at radius 3 is 2.64 bits per heavy atom. The number of amides is 2. The molecule has 0 aliphatic heterocycles. The summed E-state index contributed by atoms with van der Waals surface area (Å²) in [5, 5.41) is 9.86. The SMILES string of the molecule is Cn1nc(C(=O)NCCc2cccc(F)c2)cc1NC(=O)c1ccccc1Cl. The molecule has 0 saturated heterocycles. The van der Waals surface area contributed by atoms with Gasteiger partial charge >= 0.3 is 0 Å². The Labute approximate surface area is 166 Å². The van der Waals surface area contributed by atoms with Gasteiger partial charge in [-0.15, -0.1) is 0 Å². The molecule has 2 N–H and O–H groups in total. The van der Waals surface area contributed by atoms with Crippen LogP contribution in [0.2, 0.25) is 5.02 Å². The van der Waals surface area contributed by atoms with E-state index < -0.39 is 5.91 Å². The second-order valence-corrected chi connectivity index (χ2v) is 6.52. The van der Waals surface area contributed by atoms with Crippen LogP contribution < -0.4 is 10.6 Å². The third-order valence-corrected chi connectivity index (χ3v) is 4.39. The summed E-state index contributed by atoms with van der Waals surface area (Å²) >= 11 is 6.03. The van der Waals surface area contributed by atoms with E-state index in [0.29, 0.717) is 29.4 Å². The van der Waals surface area contributed by atoms with E-state index in [1.807, 2.05) is 0 Å². The van der Waals surface area contributed by atoms with Gasteiger partial charge in [-0.25, -0.2) is 4.39 Å². The number of nitrogens with zero attached hydrogens (tertiary/aromatic N) is 2. The molecule has 0 bridgehead atoms. The summed E-state index contributed by atoms with van der Waals surface area (Å²) in [4.78, 5) is 24.6. The van der Waals surface area contributed by atoms with Crippen LogP contribution in [0, 0.1) is 5.82 Å². The third-order valence-electron chi connectivity index (χ3n) is 4.06. The highest BCUT2D eigenvalue weighted by atomic mass is 35.5. The smallest absolute Gasteiger partial charge is 0.271 e. The van der Waals surface area contributed by atoms with Gasteiger partial charge in [0.15, 0.2) is 5.69 Å². The van der Waals surface area contributed by atoms with Gasteiger partial charge in [0.05, 0.1) is 10.6 Å². The standard InChI is InChI=1S/C20H18ClFN4O2/c1-26-18(24-19(27)15-7-2-3-8-16(15)21)12-17(25-26)20(28)23-10-9-13-5-4-6-14(22)11-13/h2-8,11-12H,9-10H2,1H3,(H,23,28)(H,24,27). The molecule has 8 heteroatoms. The molecule has 0 aliphatic carbocycles. The first kappa shape index (κ1) is 19.6. The molecular weight excluding hydrogens is 383 g/mol. The fourth-order valence-corrected chi connectivity index (χ4v) is 2.85. The number of nitrogens with one attached hydrogen (secondary N) is 2. The zero-order valence-corrected chi connectivity index (χ0v) is 15.8. The van der Waals surface area contributed by atoms with Gasteiger partial charge in [0.25, 0.3) is 11.8 Å². The Morgan fingerprint density at radius 2 is 1.89 bits per heavy atom. The molecule has 0 aliphatic rings. The summed E-state index contributed by atoms with van der Waals surface area (Å²) in [5.41, 5.74) is 1.27. The van der Waals surface area contributed by atoms with Crippen LogP contribution in [0.5, 0.6) is 0 Å². The number of benzene rings is 2. The predicted molar refractivity (Wildman–Crippen MR) is 105 cm³/mol. The molecule has 6 nitrogen and oxygen atoms in total. The van der Waals surface area contributed by atoms with Gasteiger partial charge in [-0.3, -0.25) is 14.3 Å². The highest BCUT2D eigenvalue weighted by Gasteiger charge is 2.16. The number of carbonyl (C=O) groups excluding carboxylic acids is 2. The molecule has 0 saturated carbocycles. The van der Waals surface area contributed by atoms with Crippen molar-refractivity contribution in [3.05, 3.63) is 82.3 Å². The zero-order chi connectivity index (χ0) is 20.1. The van der Waals surface area contributed by atoms with E-state index in [4.69, 9.17) is 11.6 Å². The minimum atomic E-state index is -0.397. The Morgan fingerprint density at radius 1 is 1.11 bits per heavy atom.